The van der Waals surface area contributed by atoms with Crippen LogP contribution in [-0.4, -0.2) is 32.7 Å². The molecule has 5 heteroatoms. The fourth-order valence-corrected chi connectivity index (χ4v) is 1.60. The van der Waals surface area contributed by atoms with E-state index < -0.39 is 0 Å². The first-order chi connectivity index (χ1) is 9.71. The Kier molecular flexibility index (Phi) is 7.01. The molecule has 0 aliphatic rings. The minimum absolute atomic E-state index is 0.0902. The Labute approximate surface area is 119 Å². The average molecular weight is 276 g/mol. The molecule has 2 N–H and O–H groups in total. The molecule has 0 atom stereocenters. The molecule has 20 heavy (non-hydrogen) atoms. The van der Waals surface area contributed by atoms with Crippen LogP contribution in [0.15, 0.2) is 18.2 Å². The summed E-state index contributed by atoms with van der Waals surface area (Å²) in [5.41, 5.74) is 1.08. The summed E-state index contributed by atoms with van der Waals surface area (Å²) in [7, 11) is 1.88. The predicted octanol–water partition coefficient (Wildman–Crippen LogP) is 0.933. The van der Waals surface area contributed by atoms with Crippen LogP contribution in [0, 0.1) is 12.3 Å². The first-order valence-corrected chi connectivity index (χ1v) is 6.44. The number of ether oxygens (including phenoxy) is 2. The van der Waals surface area contributed by atoms with Gasteiger partial charge in [0.1, 0.15) is 0 Å². The third-order valence-electron chi connectivity index (χ3n) is 2.44. The van der Waals surface area contributed by atoms with Gasteiger partial charge in [-0.25, -0.2) is 0 Å². The monoisotopic (exact) mass is 276 g/mol. The Morgan fingerprint density at radius 3 is 2.80 bits per heavy atom. The molecule has 0 heterocycles. The van der Waals surface area contributed by atoms with Crippen molar-refractivity contribution in [3.05, 3.63) is 23.8 Å². The van der Waals surface area contributed by atoms with E-state index in [1.54, 1.807) is 6.07 Å². The molecule has 0 aliphatic heterocycles. The van der Waals surface area contributed by atoms with Gasteiger partial charge in [-0.1, -0.05) is 12.0 Å². The summed E-state index contributed by atoms with van der Waals surface area (Å²) in [5, 5.41) is 5.60. The van der Waals surface area contributed by atoms with E-state index in [1.807, 2.05) is 26.1 Å². The van der Waals surface area contributed by atoms with Gasteiger partial charge in [0.05, 0.1) is 13.2 Å². The zero-order valence-corrected chi connectivity index (χ0v) is 11.9. The second-order valence-electron chi connectivity index (χ2n) is 4.01. The second-order valence-corrected chi connectivity index (χ2v) is 4.01. The van der Waals surface area contributed by atoms with E-state index in [2.05, 4.69) is 16.6 Å². The van der Waals surface area contributed by atoms with E-state index in [-0.39, 0.29) is 19.1 Å². The topological polar surface area (TPSA) is 59.6 Å². The lowest BCUT2D eigenvalue weighted by molar-refractivity contribution is -0.122. The van der Waals surface area contributed by atoms with Crippen LogP contribution in [0.3, 0.4) is 0 Å². The van der Waals surface area contributed by atoms with Crippen LogP contribution in [0.4, 0.5) is 0 Å². The van der Waals surface area contributed by atoms with Crippen LogP contribution in [0.25, 0.3) is 0 Å². The molecule has 0 saturated heterocycles. The standard InChI is InChI=1S/C15H20N2O3/c1-4-8-17-15(18)11-20-13-7-6-12(10-16-3)9-14(13)19-5-2/h1,6-7,9,16H,5,8,10-11H2,2-3H3,(H,17,18). The number of carbonyl (C=O) groups is 1. The number of nitrogens with one attached hydrogen (secondary N) is 2. The normalized spacial score (nSPS) is 9.65. The van der Waals surface area contributed by atoms with Gasteiger partial charge < -0.3 is 20.1 Å². The average Bonchev–Trinajstić information content (AvgIpc) is 2.45. The summed E-state index contributed by atoms with van der Waals surface area (Å²) in [4.78, 5) is 11.4. The Balaban J connectivity index is 2.68. The van der Waals surface area contributed by atoms with Crippen molar-refractivity contribution in [1.29, 1.82) is 0 Å². The highest BCUT2D eigenvalue weighted by Gasteiger charge is 2.08. The summed E-state index contributed by atoms with van der Waals surface area (Å²) >= 11 is 0. The molecule has 1 rings (SSSR count). The molecule has 1 aromatic carbocycles. The zero-order valence-electron chi connectivity index (χ0n) is 11.9. The highest BCUT2D eigenvalue weighted by Crippen LogP contribution is 2.28. The molecule has 1 amide bonds. The largest absolute Gasteiger partial charge is 0.490 e. The van der Waals surface area contributed by atoms with Crippen LogP contribution >= 0.6 is 0 Å². The molecule has 0 saturated carbocycles. The van der Waals surface area contributed by atoms with Crippen molar-refractivity contribution in [2.45, 2.75) is 13.5 Å². The maximum absolute atomic E-state index is 11.4. The van der Waals surface area contributed by atoms with Crippen molar-refractivity contribution < 1.29 is 14.3 Å². The van der Waals surface area contributed by atoms with Crippen molar-refractivity contribution >= 4 is 5.91 Å². The second kappa shape index (κ2) is 8.83. The molecule has 0 unspecified atom stereocenters. The lowest BCUT2D eigenvalue weighted by Gasteiger charge is -2.13. The summed E-state index contributed by atoms with van der Waals surface area (Å²) < 4.78 is 11.0. The molecule has 0 radical (unpaired) electrons. The number of terminal acetylenes is 1. The van der Waals surface area contributed by atoms with Crippen LogP contribution < -0.4 is 20.1 Å². The molecule has 0 aromatic heterocycles. The van der Waals surface area contributed by atoms with Gasteiger partial charge in [-0.15, -0.1) is 6.42 Å². The predicted molar refractivity (Wildman–Crippen MR) is 77.7 cm³/mol. The fourth-order valence-electron chi connectivity index (χ4n) is 1.60. The van der Waals surface area contributed by atoms with Gasteiger partial charge in [-0.3, -0.25) is 4.79 Å². The minimum Gasteiger partial charge on any atom is -0.490 e. The molecule has 108 valence electrons. The molecule has 1 aromatic rings. The molecule has 0 spiro atoms. The number of hydrogen-bond donors (Lipinski definition) is 2. The highest BCUT2D eigenvalue weighted by atomic mass is 16.5. The SMILES string of the molecule is C#CCNC(=O)COc1ccc(CNC)cc1OCC. The highest BCUT2D eigenvalue weighted by molar-refractivity contribution is 5.77. The first-order valence-electron chi connectivity index (χ1n) is 6.44. The molecule has 5 nitrogen and oxygen atoms in total. The van der Waals surface area contributed by atoms with E-state index in [4.69, 9.17) is 15.9 Å². The Hall–Kier alpha value is -2.19. The summed E-state index contributed by atoms with van der Waals surface area (Å²) in [5.74, 6) is 3.24. The lowest BCUT2D eigenvalue weighted by atomic mass is 10.2. The summed E-state index contributed by atoms with van der Waals surface area (Å²) in [6.45, 7) is 3.27. The molecule has 0 fully saturated rings. The van der Waals surface area contributed by atoms with Crippen LogP contribution in [-0.2, 0) is 11.3 Å². The Morgan fingerprint density at radius 2 is 2.15 bits per heavy atom. The summed E-state index contributed by atoms with van der Waals surface area (Å²) in [6, 6.07) is 5.62. The number of benzene rings is 1. The van der Waals surface area contributed by atoms with E-state index in [0.717, 1.165) is 12.1 Å². The third kappa shape index (κ3) is 5.21. The van der Waals surface area contributed by atoms with Gasteiger partial charge in [0.25, 0.3) is 5.91 Å². The van der Waals surface area contributed by atoms with E-state index in [1.165, 1.54) is 0 Å². The minimum atomic E-state index is -0.260. The van der Waals surface area contributed by atoms with Crippen molar-refractivity contribution in [1.82, 2.24) is 10.6 Å². The van der Waals surface area contributed by atoms with Crippen LogP contribution in [0.2, 0.25) is 0 Å². The van der Waals surface area contributed by atoms with E-state index in [0.29, 0.717) is 18.1 Å². The van der Waals surface area contributed by atoms with Crippen molar-refractivity contribution in [2.24, 2.45) is 0 Å². The van der Waals surface area contributed by atoms with Gasteiger partial charge in [0, 0.05) is 6.54 Å². The molecular weight excluding hydrogens is 256 g/mol. The Morgan fingerprint density at radius 1 is 1.35 bits per heavy atom. The molecule has 0 bridgehead atoms. The summed E-state index contributed by atoms with van der Waals surface area (Å²) in [6.07, 6.45) is 5.06. The van der Waals surface area contributed by atoms with E-state index in [9.17, 15) is 4.79 Å². The third-order valence-corrected chi connectivity index (χ3v) is 2.44. The number of amides is 1. The van der Waals surface area contributed by atoms with Crippen LogP contribution in [0.5, 0.6) is 11.5 Å². The fraction of sp³-hybridized carbons (Fsp3) is 0.400. The van der Waals surface area contributed by atoms with Gasteiger partial charge >= 0.3 is 0 Å². The molecular formula is C15H20N2O3. The maximum atomic E-state index is 11.4. The quantitative estimate of drug-likeness (QED) is 0.694. The zero-order chi connectivity index (χ0) is 14.8. The van der Waals surface area contributed by atoms with Crippen LogP contribution in [0.1, 0.15) is 12.5 Å². The van der Waals surface area contributed by atoms with Crippen molar-refractivity contribution in [3.8, 4) is 23.8 Å². The lowest BCUT2D eigenvalue weighted by Crippen LogP contribution is -2.29. The van der Waals surface area contributed by atoms with Crippen molar-refractivity contribution in [3.63, 3.8) is 0 Å². The Bertz CT molecular complexity index is 480. The van der Waals surface area contributed by atoms with Gasteiger partial charge in [-0.2, -0.15) is 0 Å². The van der Waals surface area contributed by atoms with Crippen molar-refractivity contribution in [2.75, 3.05) is 26.8 Å². The van der Waals surface area contributed by atoms with Gasteiger partial charge in [0.2, 0.25) is 0 Å². The first kappa shape index (κ1) is 15.9. The number of rotatable bonds is 8. The van der Waals surface area contributed by atoms with Gasteiger partial charge in [0.15, 0.2) is 18.1 Å². The number of hydrogen-bond acceptors (Lipinski definition) is 4. The maximum Gasteiger partial charge on any atom is 0.258 e. The van der Waals surface area contributed by atoms with Gasteiger partial charge in [-0.05, 0) is 31.7 Å². The number of carbonyl (C=O) groups excluding carboxylic acids is 1. The molecule has 0 aliphatic carbocycles. The smallest absolute Gasteiger partial charge is 0.258 e. The van der Waals surface area contributed by atoms with E-state index >= 15 is 0 Å².